The van der Waals surface area contributed by atoms with Gasteiger partial charge in [0, 0.05) is 24.0 Å². The van der Waals surface area contributed by atoms with Crippen molar-refractivity contribution >= 4 is 22.5 Å². The van der Waals surface area contributed by atoms with Crippen molar-refractivity contribution in [1.29, 1.82) is 0 Å². The lowest BCUT2D eigenvalue weighted by Gasteiger charge is -2.13. The van der Waals surface area contributed by atoms with Gasteiger partial charge in [-0.25, -0.2) is 0 Å². The van der Waals surface area contributed by atoms with Crippen molar-refractivity contribution in [2.75, 3.05) is 5.32 Å². The molecule has 0 aliphatic rings. The summed E-state index contributed by atoms with van der Waals surface area (Å²) in [6.45, 7) is 6.13. The average molecular weight is 416 g/mol. The van der Waals surface area contributed by atoms with E-state index in [1.807, 2.05) is 49.4 Å². The van der Waals surface area contributed by atoms with Crippen molar-refractivity contribution in [3.63, 3.8) is 0 Å². The van der Waals surface area contributed by atoms with Crippen LogP contribution in [0.5, 0.6) is 0 Å². The van der Waals surface area contributed by atoms with Crippen LogP contribution in [-0.2, 0) is 11.2 Å². The van der Waals surface area contributed by atoms with Crippen molar-refractivity contribution < 1.29 is 9.32 Å². The zero-order valence-electron chi connectivity index (χ0n) is 17.7. The third kappa shape index (κ3) is 4.55. The molecule has 0 unspecified atom stereocenters. The van der Waals surface area contributed by atoms with Crippen LogP contribution < -0.4 is 10.9 Å². The molecule has 0 aliphatic heterocycles. The maximum Gasteiger partial charge on any atom is 0.259 e. The second kappa shape index (κ2) is 8.55. The number of amides is 1. The van der Waals surface area contributed by atoms with E-state index in [2.05, 4.69) is 34.3 Å². The first-order valence-corrected chi connectivity index (χ1v) is 10.3. The first-order chi connectivity index (χ1) is 14.9. The SMILES string of the molecule is Cc1ccc2cc(-c3noc(CCC(=O)Nc4ccccc4C(C)C)n3)c(=O)[nH]c2c1. The average Bonchev–Trinajstić information content (AvgIpc) is 3.20. The van der Waals surface area contributed by atoms with Gasteiger partial charge in [-0.1, -0.05) is 49.3 Å². The fraction of sp³-hybridized carbons (Fsp3) is 0.250. The highest BCUT2D eigenvalue weighted by molar-refractivity contribution is 5.91. The second-order valence-corrected chi connectivity index (χ2v) is 7.90. The Labute approximate surface area is 179 Å². The van der Waals surface area contributed by atoms with Gasteiger partial charge in [-0.3, -0.25) is 9.59 Å². The summed E-state index contributed by atoms with van der Waals surface area (Å²) in [4.78, 5) is 32.0. The molecule has 4 aromatic rings. The van der Waals surface area contributed by atoms with E-state index >= 15 is 0 Å². The molecule has 2 aromatic carbocycles. The van der Waals surface area contributed by atoms with Crippen LogP contribution in [0.1, 0.15) is 43.2 Å². The number of nitrogens with one attached hydrogen (secondary N) is 2. The number of benzene rings is 2. The zero-order chi connectivity index (χ0) is 22.0. The van der Waals surface area contributed by atoms with E-state index in [0.29, 0.717) is 17.4 Å². The van der Waals surface area contributed by atoms with Gasteiger partial charge in [0.2, 0.25) is 17.6 Å². The molecular formula is C24H24N4O3. The molecule has 0 bridgehead atoms. The van der Waals surface area contributed by atoms with Crippen LogP contribution in [0.2, 0.25) is 0 Å². The summed E-state index contributed by atoms with van der Waals surface area (Å²) >= 11 is 0. The highest BCUT2D eigenvalue weighted by Crippen LogP contribution is 2.24. The molecule has 0 radical (unpaired) electrons. The standard InChI is InChI=1S/C24H24N4O3/c1-14(2)17-6-4-5-7-19(17)25-21(29)10-11-22-27-23(28-31-22)18-13-16-9-8-15(3)12-20(16)26-24(18)30/h4-9,12-14H,10-11H2,1-3H3,(H,25,29)(H,26,30). The summed E-state index contributed by atoms with van der Waals surface area (Å²) in [7, 11) is 0. The molecule has 1 amide bonds. The van der Waals surface area contributed by atoms with E-state index < -0.39 is 0 Å². The van der Waals surface area contributed by atoms with Crippen LogP contribution in [-0.4, -0.2) is 21.0 Å². The quantitative estimate of drug-likeness (QED) is 0.479. The number of hydrogen-bond acceptors (Lipinski definition) is 5. The maximum absolute atomic E-state index is 12.5. The molecule has 7 nitrogen and oxygen atoms in total. The van der Waals surface area contributed by atoms with E-state index in [1.54, 1.807) is 6.07 Å². The fourth-order valence-corrected chi connectivity index (χ4v) is 3.49. The first-order valence-electron chi connectivity index (χ1n) is 10.3. The Morgan fingerprint density at radius 3 is 2.77 bits per heavy atom. The molecule has 0 aliphatic carbocycles. The number of aromatic amines is 1. The molecule has 0 saturated carbocycles. The number of nitrogens with zero attached hydrogens (tertiary/aromatic N) is 2. The Morgan fingerprint density at radius 2 is 1.97 bits per heavy atom. The number of aryl methyl sites for hydroxylation is 2. The minimum atomic E-state index is -0.284. The lowest BCUT2D eigenvalue weighted by atomic mass is 10.0. The molecule has 2 aromatic heterocycles. The zero-order valence-corrected chi connectivity index (χ0v) is 17.7. The molecule has 0 fully saturated rings. The van der Waals surface area contributed by atoms with Crippen molar-refractivity contribution in [2.24, 2.45) is 0 Å². The van der Waals surface area contributed by atoms with Gasteiger partial charge in [-0.15, -0.1) is 0 Å². The minimum Gasteiger partial charge on any atom is -0.339 e. The lowest BCUT2D eigenvalue weighted by molar-refractivity contribution is -0.116. The van der Waals surface area contributed by atoms with E-state index in [-0.39, 0.29) is 30.1 Å². The van der Waals surface area contributed by atoms with E-state index in [1.165, 1.54) is 0 Å². The summed E-state index contributed by atoms with van der Waals surface area (Å²) in [5, 5.41) is 7.77. The smallest absolute Gasteiger partial charge is 0.259 e. The molecule has 158 valence electrons. The number of rotatable bonds is 6. The molecule has 0 saturated heterocycles. The Balaban J connectivity index is 1.46. The van der Waals surface area contributed by atoms with Gasteiger partial charge in [0.1, 0.15) is 0 Å². The monoisotopic (exact) mass is 416 g/mol. The Kier molecular flexibility index (Phi) is 5.66. The molecule has 4 rings (SSSR count). The van der Waals surface area contributed by atoms with Crippen molar-refractivity contribution in [1.82, 2.24) is 15.1 Å². The number of pyridine rings is 1. The minimum absolute atomic E-state index is 0.133. The number of para-hydroxylation sites is 1. The van der Waals surface area contributed by atoms with Gasteiger partial charge in [0.05, 0.1) is 5.56 Å². The number of H-pyrrole nitrogens is 1. The molecular weight excluding hydrogens is 392 g/mol. The maximum atomic E-state index is 12.5. The van der Waals surface area contributed by atoms with Gasteiger partial charge in [-0.2, -0.15) is 4.98 Å². The fourth-order valence-electron chi connectivity index (χ4n) is 3.49. The summed E-state index contributed by atoms with van der Waals surface area (Å²) in [5.74, 6) is 0.695. The van der Waals surface area contributed by atoms with E-state index in [9.17, 15) is 9.59 Å². The highest BCUT2D eigenvalue weighted by atomic mass is 16.5. The summed E-state index contributed by atoms with van der Waals surface area (Å²) in [5.41, 5.74) is 3.77. The van der Waals surface area contributed by atoms with Gasteiger partial charge in [-0.05, 0) is 47.6 Å². The molecule has 2 N–H and O–H groups in total. The third-order valence-electron chi connectivity index (χ3n) is 5.13. The van der Waals surface area contributed by atoms with Crippen LogP contribution in [0.25, 0.3) is 22.3 Å². The van der Waals surface area contributed by atoms with Crippen molar-refractivity contribution in [3.05, 3.63) is 75.9 Å². The largest absolute Gasteiger partial charge is 0.339 e. The van der Waals surface area contributed by atoms with Crippen molar-refractivity contribution in [3.8, 4) is 11.4 Å². The van der Waals surface area contributed by atoms with Crippen LogP contribution in [0.15, 0.2) is 57.8 Å². The third-order valence-corrected chi connectivity index (χ3v) is 5.13. The van der Waals surface area contributed by atoms with Crippen LogP contribution >= 0.6 is 0 Å². The number of fused-ring (bicyclic) bond motifs is 1. The van der Waals surface area contributed by atoms with Gasteiger partial charge in [0.25, 0.3) is 5.56 Å². The van der Waals surface area contributed by atoms with Crippen molar-refractivity contribution in [2.45, 2.75) is 39.5 Å². The molecule has 7 heteroatoms. The topological polar surface area (TPSA) is 101 Å². The number of anilines is 1. The Morgan fingerprint density at radius 1 is 1.16 bits per heavy atom. The highest BCUT2D eigenvalue weighted by Gasteiger charge is 2.15. The number of carbonyl (C=O) groups excluding carboxylic acids is 1. The summed E-state index contributed by atoms with van der Waals surface area (Å²) in [6.07, 6.45) is 0.481. The van der Waals surface area contributed by atoms with E-state index in [4.69, 9.17) is 4.52 Å². The first kappa shape index (κ1) is 20.5. The number of aromatic nitrogens is 3. The van der Waals surface area contributed by atoms with Crippen LogP contribution in [0, 0.1) is 6.92 Å². The van der Waals surface area contributed by atoms with Gasteiger partial charge >= 0.3 is 0 Å². The summed E-state index contributed by atoms with van der Waals surface area (Å²) in [6, 6.07) is 15.3. The normalized spacial score (nSPS) is 11.2. The molecule has 31 heavy (non-hydrogen) atoms. The summed E-state index contributed by atoms with van der Waals surface area (Å²) < 4.78 is 5.27. The number of hydrogen-bond donors (Lipinski definition) is 2. The van der Waals surface area contributed by atoms with E-state index in [0.717, 1.165) is 27.7 Å². The van der Waals surface area contributed by atoms with Gasteiger partial charge < -0.3 is 14.8 Å². The predicted octanol–water partition coefficient (Wildman–Crippen LogP) is 4.58. The van der Waals surface area contributed by atoms with Gasteiger partial charge in [0.15, 0.2) is 0 Å². The lowest BCUT2D eigenvalue weighted by Crippen LogP contribution is -2.14. The molecule has 0 atom stereocenters. The van der Waals surface area contributed by atoms with Crippen LogP contribution in [0.3, 0.4) is 0 Å². The van der Waals surface area contributed by atoms with Crippen LogP contribution in [0.4, 0.5) is 5.69 Å². The number of carbonyl (C=O) groups is 1. The Bertz CT molecular complexity index is 1300. The Hall–Kier alpha value is -3.74. The second-order valence-electron chi connectivity index (χ2n) is 7.90. The molecule has 2 heterocycles. The predicted molar refractivity (Wildman–Crippen MR) is 120 cm³/mol. The molecule has 0 spiro atoms.